The van der Waals surface area contributed by atoms with E-state index >= 15 is 0 Å². The molecule has 0 bridgehead atoms. The number of aromatic amines is 1. The summed E-state index contributed by atoms with van der Waals surface area (Å²) in [5.41, 5.74) is -0.0374. The smallest absolute Gasteiger partial charge is 0.264 e. The summed E-state index contributed by atoms with van der Waals surface area (Å²) in [5, 5.41) is 0. The molecule has 2 rings (SSSR count). The highest BCUT2D eigenvalue weighted by molar-refractivity contribution is 14.1. The highest BCUT2D eigenvalue weighted by Gasteiger charge is 2.23. The van der Waals surface area contributed by atoms with Crippen LogP contribution >= 0.6 is 34.4 Å². The Balaban J connectivity index is 2.28. The Morgan fingerprint density at radius 1 is 1.73 bits per heavy atom. The molecule has 1 aliphatic rings. The molecule has 1 unspecified atom stereocenters. The van der Waals surface area contributed by atoms with Crippen molar-refractivity contribution in [3.8, 4) is 0 Å². The maximum Gasteiger partial charge on any atom is 0.264 e. The summed E-state index contributed by atoms with van der Waals surface area (Å²) >= 11 is 3.90. The van der Waals surface area contributed by atoms with Gasteiger partial charge in [0.05, 0.1) is 9.61 Å². The fourth-order valence-corrected chi connectivity index (χ4v) is 3.03. The molecule has 1 atom stereocenters. The summed E-state index contributed by atoms with van der Waals surface area (Å²) in [7, 11) is 2.07. The molecule has 1 aliphatic heterocycles. The average molecular weight is 337 g/mol. The summed E-state index contributed by atoms with van der Waals surface area (Å²) in [5.74, 6) is 2.94. The molecule has 0 radical (unpaired) electrons. The van der Waals surface area contributed by atoms with Gasteiger partial charge >= 0.3 is 0 Å². The van der Waals surface area contributed by atoms with Gasteiger partial charge in [-0.15, -0.1) is 0 Å². The van der Waals surface area contributed by atoms with Gasteiger partial charge in [0.25, 0.3) is 5.56 Å². The van der Waals surface area contributed by atoms with Gasteiger partial charge in [-0.2, -0.15) is 11.8 Å². The van der Waals surface area contributed by atoms with Crippen molar-refractivity contribution in [2.75, 3.05) is 25.1 Å². The van der Waals surface area contributed by atoms with Crippen LogP contribution in [0.3, 0.4) is 0 Å². The second-order valence-electron chi connectivity index (χ2n) is 3.52. The van der Waals surface area contributed by atoms with E-state index in [1.807, 2.05) is 34.4 Å². The Labute approximate surface area is 106 Å². The van der Waals surface area contributed by atoms with Gasteiger partial charge in [-0.25, -0.2) is 4.98 Å². The molecule has 1 aromatic heterocycles. The van der Waals surface area contributed by atoms with E-state index in [-0.39, 0.29) is 11.6 Å². The van der Waals surface area contributed by atoms with Gasteiger partial charge in [-0.1, -0.05) is 0 Å². The molecule has 0 spiro atoms. The highest BCUT2D eigenvalue weighted by atomic mass is 127. The van der Waals surface area contributed by atoms with E-state index in [1.54, 1.807) is 6.20 Å². The van der Waals surface area contributed by atoms with Crippen LogP contribution in [0.4, 0.5) is 0 Å². The van der Waals surface area contributed by atoms with Crippen molar-refractivity contribution in [2.24, 2.45) is 0 Å². The van der Waals surface area contributed by atoms with Crippen molar-refractivity contribution >= 4 is 34.4 Å². The molecule has 4 nitrogen and oxygen atoms in total. The summed E-state index contributed by atoms with van der Waals surface area (Å²) in [4.78, 5) is 20.8. The number of hydrogen-bond acceptors (Lipinski definition) is 4. The first-order chi connectivity index (χ1) is 7.18. The second-order valence-corrected chi connectivity index (χ2v) is 5.83. The van der Waals surface area contributed by atoms with Gasteiger partial charge in [0.2, 0.25) is 0 Å². The maximum atomic E-state index is 11.5. The first kappa shape index (κ1) is 11.4. The Morgan fingerprint density at radius 3 is 3.20 bits per heavy atom. The fraction of sp³-hybridized carbons (Fsp3) is 0.556. The van der Waals surface area contributed by atoms with E-state index in [4.69, 9.17) is 0 Å². The quantitative estimate of drug-likeness (QED) is 0.780. The molecular weight excluding hydrogens is 325 g/mol. The highest BCUT2D eigenvalue weighted by Crippen LogP contribution is 2.25. The van der Waals surface area contributed by atoms with Gasteiger partial charge in [0.1, 0.15) is 5.82 Å². The summed E-state index contributed by atoms with van der Waals surface area (Å²) < 4.78 is 0.641. The van der Waals surface area contributed by atoms with Gasteiger partial charge in [0.15, 0.2) is 0 Å². The summed E-state index contributed by atoms with van der Waals surface area (Å²) in [6.45, 7) is 1.05. The van der Waals surface area contributed by atoms with Gasteiger partial charge < -0.3 is 4.98 Å². The van der Waals surface area contributed by atoms with E-state index in [1.165, 1.54) is 0 Å². The third-order valence-electron chi connectivity index (χ3n) is 2.49. The van der Waals surface area contributed by atoms with Crippen molar-refractivity contribution in [1.82, 2.24) is 14.9 Å². The Kier molecular flexibility index (Phi) is 3.68. The van der Waals surface area contributed by atoms with Crippen LogP contribution in [0.2, 0.25) is 0 Å². The zero-order chi connectivity index (χ0) is 10.8. The largest absolute Gasteiger partial charge is 0.308 e. The minimum Gasteiger partial charge on any atom is -0.308 e. The van der Waals surface area contributed by atoms with Crippen LogP contribution in [-0.4, -0.2) is 40.0 Å². The van der Waals surface area contributed by atoms with Crippen LogP contribution in [0.5, 0.6) is 0 Å². The first-order valence-corrected chi connectivity index (χ1v) is 6.94. The number of H-pyrrole nitrogens is 1. The standard InChI is InChI=1S/C9H12IN3OS/c1-13-2-3-15-5-7(13)8-11-4-6(10)9(14)12-8/h4,7H,2-3,5H2,1H3,(H,11,12,14). The Hall–Kier alpha value is -0.0800. The summed E-state index contributed by atoms with van der Waals surface area (Å²) in [6, 6.07) is 0.244. The molecule has 0 aliphatic carbocycles. The number of thioether (sulfide) groups is 1. The number of aromatic nitrogens is 2. The number of nitrogens with one attached hydrogen (secondary N) is 1. The molecule has 1 fully saturated rings. The monoisotopic (exact) mass is 337 g/mol. The van der Waals surface area contributed by atoms with Crippen LogP contribution in [0.1, 0.15) is 11.9 Å². The lowest BCUT2D eigenvalue weighted by Gasteiger charge is -2.30. The molecule has 0 aromatic carbocycles. The van der Waals surface area contributed by atoms with Gasteiger partial charge in [-0.3, -0.25) is 9.69 Å². The zero-order valence-corrected chi connectivity index (χ0v) is 11.3. The molecule has 1 aromatic rings. The zero-order valence-electron chi connectivity index (χ0n) is 8.36. The maximum absolute atomic E-state index is 11.5. The molecule has 6 heteroatoms. The normalized spacial score (nSPS) is 22.9. The lowest BCUT2D eigenvalue weighted by atomic mass is 10.2. The van der Waals surface area contributed by atoms with Crippen molar-refractivity contribution in [1.29, 1.82) is 0 Å². The molecule has 2 heterocycles. The molecule has 1 saturated heterocycles. The predicted octanol–water partition coefficient (Wildman–Crippen LogP) is 1.09. The predicted molar refractivity (Wildman–Crippen MR) is 70.3 cm³/mol. The number of rotatable bonds is 1. The van der Waals surface area contributed by atoms with Crippen LogP contribution in [0.15, 0.2) is 11.0 Å². The number of halogens is 1. The van der Waals surface area contributed by atoms with Crippen molar-refractivity contribution in [3.63, 3.8) is 0 Å². The van der Waals surface area contributed by atoms with Crippen LogP contribution in [0.25, 0.3) is 0 Å². The molecule has 0 saturated carbocycles. The van der Waals surface area contributed by atoms with E-state index in [2.05, 4.69) is 21.9 Å². The van der Waals surface area contributed by atoms with Crippen molar-refractivity contribution < 1.29 is 0 Å². The Morgan fingerprint density at radius 2 is 2.53 bits per heavy atom. The third-order valence-corrected chi connectivity index (χ3v) is 4.28. The molecule has 0 amide bonds. The van der Waals surface area contributed by atoms with Crippen molar-refractivity contribution in [2.45, 2.75) is 6.04 Å². The topological polar surface area (TPSA) is 49.0 Å². The van der Waals surface area contributed by atoms with E-state index in [9.17, 15) is 4.79 Å². The fourth-order valence-electron chi connectivity index (χ4n) is 1.54. The van der Waals surface area contributed by atoms with Crippen LogP contribution < -0.4 is 5.56 Å². The molecular formula is C9H12IN3OS. The number of hydrogen-bond donors (Lipinski definition) is 1. The minimum absolute atomic E-state index is 0.0374. The molecule has 1 N–H and O–H groups in total. The second kappa shape index (κ2) is 4.84. The third kappa shape index (κ3) is 2.54. The minimum atomic E-state index is -0.0374. The molecule has 82 valence electrons. The Bertz CT molecular complexity index is 409. The average Bonchev–Trinajstić information content (AvgIpc) is 2.23. The SMILES string of the molecule is CN1CCSCC1c1ncc(I)c(=O)[nH]1. The first-order valence-electron chi connectivity index (χ1n) is 4.71. The lowest BCUT2D eigenvalue weighted by molar-refractivity contribution is 0.264. The number of nitrogens with zero attached hydrogens (tertiary/aromatic N) is 2. The van der Waals surface area contributed by atoms with Crippen LogP contribution in [0, 0.1) is 3.57 Å². The van der Waals surface area contributed by atoms with E-state index in [0.717, 1.165) is 23.9 Å². The summed E-state index contributed by atoms with van der Waals surface area (Å²) in [6.07, 6.45) is 1.64. The van der Waals surface area contributed by atoms with E-state index < -0.39 is 0 Å². The van der Waals surface area contributed by atoms with E-state index in [0.29, 0.717) is 3.57 Å². The van der Waals surface area contributed by atoms with Crippen LogP contribution in [-0.2, 0) is 0 Å². The lowest BCUT2D eigenvalue weighted by Crippen LogP contribution is -2.35. The molecule has 15 heavy (non-hydrogen) atoms. The van der Waals surface area contributed by atoms with Gasteiger partial charge in [-0.05, 0) is 29.6 Å². The van der Waals surface area contributed by atoms with Gasteiger partial charge in [0, 0.05) is 24.2 Å². The van der Waals surface area contributed by atoms with Crippen molar-refractivity contribution in [3.05, 3.63) is 25.9 Å².